The number of aromatic nitrogens is 3. The topological polar surface area (TPSA) is 79.5 Å². The van der Waals surface area contributed by atoms with Crippen LogP contribution in [0.3, 0.4) is 0 Å². The fourth-order valence-electron chi connectivity index (χ4n) is 2.15. The molecule has 0 aliphatic carbocycles. The Morgan fingerprint density at radius 3 is 2.80 bits per heavy atom. The van der Waals surface area contributed by atoms with Gasteiger partial charge >= 0.3 is 0 Å². The van der Waals surface area contributed by atoms with E-state index in [1.807, 2.05) is 13.8 Å². The zero-order valence-corrected chi connectivity index (χ0v) is 11.8. The second-order valence-corrected chi connectivity index (χ2v) is 5.01. The lowest BCUT2D eigenvalue weighted by Crippen LogP contribution is -2.39. The second kappa shape index (κ2) is 6.00. The van der Waals surface area contributed by atoms with E-state index in [-0.39, 0.29) is 17.9 Å². The van der Waals surface area contributed by atoms with Crippen molar-refractivity contribution >= 4 is 11.4 Å². The molecule has 0 radical (unpaired) electrons. The Kier molecular flexibility index (Phi) is 4.34. The maximum absolute atomic E-state index is 12.2. The van der Waals surface area contributed by atoms with E-state index in [1.165, 1.54) is 6.20 Å². The minimum Gasteiger partial charge on any atom is -0.396 e. The molecular weight excluding hydrogens is 256 g/mol. The van der Waals surface area contributed by atoms with E-state index >= 15 is 0 Å². The van der Waals surface area contributed by atoms with Crippen molar-refractivity contribution in [2.45, 2.75) is 26.7 Å². The molecule has 6 nitrogen and oxygen atoms in total. The van der Waals surface area contributed by atoms with Crippen LogP contribution in [0.1, 0.15) is 37.0 Å². The smallest absolute Gasteiger partial charge is 0.255 e. The maximum atomic E-state index is 12.2. The van der Waals surface area contributed by atoms with Crippen LogP contribution in [0.2, 0.25) is 0 Å². The van der Waals surface area contributed by atoms with Crippen LogP contribution >= 0.6 is 0 Å². The molecule has 1 amide bonds. The zero-order chi connectivity index (χ0) is 14.6. The van der Waals surface area contributed by atoms with E-state index in [0.717, 1.165) is 12.8 Å². The highest BCUT2D eigenvalue weighted by atomic mass is 16.3. The van der Waals surface area contributed by atoms with Crippen LogP contribution in [0.15, 0.2) is 24.8 Å². The molecule has 0 saturated heterocycles. The van der Waals surface area contributed by atoms with Crippen LogP contribution in [0.4, 0.5) is 0 Å². The molecule has 0 unspecified atom stereocenters. The van der Waals surface area contributed by atoms with E-state index in [4.69, 9.17) is 0 Å². The third kappa shape index (κ3) is 2.65. The minimum atomic E-state index is -0.253. The third-order valence-electron chi connectivity index (χ3n) is 4.03. The monoisotopic (exact) mass is 276 g/mol. The van der Waals surface area contributed by atoms with Gasteiger partial charge in [-0.3, -0.25) is 9.78 Å². The van der Waals surface area contributed by atoms with Gasteiger partial charge in [0.2, 0.25) is 0 Å². The quantitative estimate of drug-likeness (QED) is 0.832. The molecule has 0 aromatic carbocycles. The highest BCUT2D eigenvalue weighted by Gasteiger charge is 2.26. The van der Waals surface area contributed by atoms with Gasteiger partial charge in [-0.2, -0.15) is 5.10 Å². The molecule has 108 valence electrons. The number of carbonyl (C=O) groups excluding carboxylic acids is 1. The Bertz CT molecular complexity index is 581. The summed E-state index contributed by atoms with van der Waals surface area (Å²) >= 11 is 0. The molecule has 6 heteroatoms. The lowest BCUT2D eigenvalue weighted by molar-refractivity contribution is 0.0852. The van der Waals surface area contributed by atoms with Gasteiger partial charge in [0, 0.05) is 24.4 Å². The fourth-order valence-corrected chi connectivity index (χ4v) is 2.15. The molecule has 2 rings (SSSR count). The Hall–Kier alpha value is -1.95. The molecule has 2 N–H and O–H groups in total. The number of nitrogens with one attached hydrogen (secondary N) is 1. The summed E-state index contributed by atoms with van der Waals surface area (Å²) in [6.07, 6.45) is 8.09. The van der Waals surface area contributed by atoms with Gasteiger partial charge in [-0.05, 0) is 12.8 Å². The van der Waals surface area contributed by atoms with Crippen LogP contribution in [-0.4, -0.2) is 38.8 Å². The molecule has 0 bridgehead atoms. The van der Waals surface area contributed by atoms with E-state index in [2.05, 4.69) is 15.4 Å². The predicted octanol–water partition coefficient (Wildman–Crippen LogP) is 1.26. The summed E-state index contributed by atoms with van der Waals surface area (Å²) in [5.41, 5.74) is 0.918. The van der Waals surface area contributed by atoms with Gasteiger partial charge in [0.15, 0.2) is 0 Å². The average molecular weight is 276 g/mol. The van der Waals surface area contributed by atoms with Gasteiger partial charge in [-0.15, -0.1) is 0 Å². The molecule has 0 saturated carbocycles. The molecule has 2 heterocycles. The number of hydrogen-bond acceptors (Lipinski definition) is 4. The highest BCUT2D eigenvalue weighted by molar-refractivity contribution is 6.00. The number of carbonyl (C=O) groups is 1. The van der Waals surface area contributed by atoms with Crippen LogP contribution in [0.25, 0.3) is 5.52 Å². The summed E-state index contributed by atoms with van der Waals surface area (Å²) < 4.78 is 1.61. The van der Waals surface area contributed by atoms with Crippen molar-refractivity contribution in [3.05, 3.63) is 30.4 Å². The van der Waals surface area contributed by atoms with Crippen LogP contribution in [-0.2, 0) is 0 Å². The lowest BCUT2D eigenvalue weighted by Gasteiger charge is -2.29. The average Bonchev–Trinajstić information content (AvgIpc) is 2.93. The van der Waals surface area contributed by atoms with Gasteiger partial charge in [-0.25, -0.2) is 4.52 Å². The van der Waals surface area contributed by atoms with Crippen LogP contribution in [0, 0.1) is 5.41 Å². The number of rotatable bonds is 6. The summed E-state index contributed by atoms with van der Waals surface area (Å²) in [6.45, 7) is 4.56. The Labute approximate surface area is 117 Å². The summed E-state index contributed by atoms with van der Waals surface area (Å²) in [5, 5.41) is 16.5. The first-order chi connectivity index (χ1) is 9.65. The third-order valence-corrected chi connectivity index (χ3v) is 4.03. The maximum Gasteiger partial charge on any atom is 0.255 e. The number of aliphatic hydroxyl groups excluding tert-OH is 1. The van der Waals surface area contributed by atoms with Crippen molar-refractivity contribution in [1.82, 2.24) is 19.9 Å². The normalized spacial score (nSPS) is 11.8. The lowest BCUT2D eigenvalue weighted by atomic mass is 9.83. The Balaban J connectivity index is 2.13. The molecule has 0 atom stereocenters. The standard InChI is InChI=1S/C14H20N4O2/c1-3-14(4-2,10-19)9-16-13(20)11-7-17-18-6-5-15-8-12(11)18/h5-8,19H,3-4,9-10H2,1-2H3,(H,16,20). The van der Waals surface area contributed by atoms with Gasteiger partial charge < -0.3 is 10.4 Å². The van der Waals surface area contributed by atoms with Crippen molar-refractivity contribution in [1.29, 1.82) is 0 Å². The molecule has 20 heavy (non-hydrogen) atoms. The van der Waals surface area contributed by atoms with Gasteiger partial charge in [0.05, 0.1) is 30.1 Å². The zero-order valence-electron chi connectivity index (χ0n) is 11.8. The van der Waals surface area contributed by atoms with Crippen molar-refractivity contribution in [2.75, 3.05) is 13.2 Å². The number of aliphatic hydroxyl groups is 1. The van der Waals surface area contributed by atoms with E-state index < -0.39 is 0 Å². The highest BCUT2D eigenvalue weighted by Crippen LogP contribution is 2.24. The number of hydrogen-bond donors (Lipinski definition) is 2. The molecule has 2 aromatic heterocycles. The van der Waals surface area contributed by atoms with Gasteiger partial charge in [0.1, 0.15) is 0 Å². The minimum absolute atomic E-state index is 0.0661. The second-order valence-electron chi connectivity index (χ2n) is 5.01. The van der Waals surface area contributed by atoms with Crippen molar-refractivity contribution in [2.24, 2.45) is 5.41 Å². The van der Waals surface area contributed by atoms with E-state index in [0.29, 0.717) is 17.6 Å². The van der Waals surface area contributed by atoms with Crippen molar-refractivity contribution in [3.63, 3.8) is 0 Å². The molecule has 2 aromatic rings. The SMILES string of the molecule is CCC(CC)(CO)CNC(=O)c1cnn2ccncc12. The van der Waals surface area contributed by atoms with Crippen LogP contribution < -0.4 is 5.32 Å². The van der Waals surface area contributed by atoms with Crippen LogP contribution in [0.5, 0.6) is 0 Å². The summed E-state index contributed by atoms with van der Waals surface area (Å²) in [7, 11) is 0. The first kappa shape index (κ1) is 14.5. The number of amides is 1. The van der Waals surface area contributed by atoms with E-state index in [9.17, 15) is 9.90 Å². The number of fused-ring (bicyclic) bond motifs is 1. The van der Waals surface area contributed by atoms with Gasteiger partial charge in [0.25, 0.3) is 5.91 Å². The molecular formula is C14H20N4O2. The molecule has 0 spiro atoms. The summed E-state index contributed by atoms with van der Waals surface area (Å²) in [5.74, 6) is -0.187. The predicted molar refractivity (Wildman–Crippen MR) is 75.4 cm³/mol. The fraction of sp³-hybridized carbons (Fsp3) is 0.500. The Morgan fingerprint density at radius 1 is 1.40 bits per heavy atom. The van der Waals surface area contributed by atoms with E-state index in [1.54, 1.807) is 23.1 Å². The summed E-state index contributed by atoms with van der Waals surface area (Å²) in [4.78, 5) is 16.2. The summed E-state index contributed by atoms with van der Waals surface area (Å²) in [6, 6.07) is 0. The molecule has 0 aliphatic heterocycles. The number of nitrogens with zero attached hydrogens (tertiary/aromatic N) is 3. The first-order valence-corrected chi connectivity index (χ1v) is 6.82. The van der Waals surface area contributed by atoms with Crippen molar-refractivity contribution in [3.8, 4) is 0 Å². The molecule has 0 aliphatic rings. The Morgan fingerprint density at radius 2 is 2.15 bits per heavy atom. The van der Waals surface area contributed by atoms with Crippen molar-refractivity contribution < 1.29 is 9.90 Å². The van der Waals surface area contributed by atoms with Gasteiger partial charge in [-0.1, -0.05) is 13.8 Å². The molecule has 0 fully saturated rings. The first-order valence-electron chi connectivity index (χ1n) is 6.82. The largest absolute Gasteiger partial charge is 0.396 e.